The molecular formula is C21H24N2O3. The number of anilines is 1. The Labute approximate surface area is 153 Å². The summed E-state index contributed by atoms with van der Waals surface area (Å²) in [6.45, 7) is -0.156. The zero-order valence-electron chi connectivity index (χ0n) is 15.0. The average Bonchev–Trinajstić information content (AvgIpc) is 2.66. The van der Waals surface area contributed by atoms with Crippen molar-refractivity contribution in [3.05, 3.63) is 65.7 Å². The monoisotopic (exact) mass is 352 g/mol. The first kappa shape index (κ1) is 18.0. The van der Waals surface area contributed by atoms with Crippen LogP contribution in [0.3, 0.4) is 0 Å². The van der Waals surface area contributed by atoms with Crippen LogP contribution >= 0.6 is 0 Å². The molecule has 3 rings (SSSR count). The van der Waals surface area contributed by atoms with Crippen LogP contribution in [0, 0.1) is 0 Å². The van der Waals surface area contributed by atoms with Crippen LogP contribution in [0.4, 0.5) is 5.69 Å². The van der Waals surface area contributed by atoms with E-state index in [1.54, 1.807) is 9.80 Å². The van der Waals surface area contributed by atoms with Gasteiger partial charge in [-0.2, -0.15) is 0 Å². The Bertz CT molecular complexity index is 776. The number of aliphatic carboxylic acids is 1. The predicted octanol–water partition coefficient (Wildman–Crippen LogP) is 3.11. The highest BCUT2D eigenvalue weighted by molar-refractivity contribution is 5.84. The van der Waals surface area contributed by atoms with Gasteiger partial charge in [0, 0.05) is 12.7 Å². The molecule has 1 aliphatic rings. The minimum Gasteiger partial charge on any atom is -0.480 e. The molecule has 26 heavy (non-hydrogen) atoms. The lowest BCUT2D eigenvalue weighted by Crippen LogP contribution is -2.42. The van der Waals surface area contributed by atoms with Gasteiger partial charge in [-0.1, -0.05) is 42.5 Å². The molecule has 0 saturated carbocycles. The summed E-state index contributed by atoms with van der Waals surface area (Å²) in [6, 6.07) is 17.5. The molecule has 0 spiro atoms. The van der Waals surface area contributed by atoms with Crippen molar-refractivity contribution in [1.29, 1.82) is 0 Å². The van der Waals surface area contributed by atoms with Crippen LogP contribution < -0.4 is 4.90 Å². The molecule has 136 valence electrons. The maximum atomic E-state index is 12.9. The fraction of sp³-hybridized carbons (Fsp3) is 0.333. The third kappa shape index (κ3) is 4.04. The third-order valence-corrected chi connectivity index (χ3v) is 4.97. The second-order valence-corrected chi connectivity index (χ2v) is 6.70. The number of likely N-dealkylation sites (N-methyl/N-ethyl adjacent to an activating group) is 1. The number of aryl methyl sites for hydroxylation is 1. The maximum Gasteiger partial charge on any atom is 0.323 e. The molecule has 0 aromatic heterocycles. The zero-order chi connectivity index (χ0) is 18.5. The maximum absolute atomic E-state index is 12.9. The van der Waals surface area contributed by atoms with E-state index < -0.39 is 5.97 Å². The highest BCUT2D eigenvalue weighted by Gasteiger charge is 2.27. The molecule has 2 aromatic rings. The number of hydrogen-bond donors (Lipinski definition) is 1. The molecule has 5 nitrogen and oxygen atoms in total. The van der Waals surface area contributed by atoms with Gasteiger partial charge >= 0.3 is 5.97 Å². The van der Waals surface area contributed by atoms with E-state index in [0.29, 0.717) is 0 Å². The summed E-state index contributed by atoms with van der Waals surface area (Å²) in [5, 5.41) is 9.21. The molecule has 0 heterocycles. The number of amides is 1. The molecule has 0 radical (unpaired) electrons. The Morgan fingerprint density at radius 3 is 2.46 bits per heavy atom. The smallest absolute Gasteiger partial charge is 0.323 e. The Morgan fingerprint density at radius 1 is 1.04 bits per heavy atom. The number of hydrogen-bond acceptors (Lipinski definition) is 3. The first-order valence-electron chi connectivity index (χ1n) is 8.91. The van der Waals surface area contributed by atoms with Crippen molar-refractivity contribution in [2.75, 3.05) is 25.0 Å². The van der Waals surface area contributed by atoms with Gasteiger partial charge in [-0.15, -0.1) is 0 Å². The van der Waals surface area contributed by atoms with Gasteiger partial charge in [0.25, 0.3) is 0 Å². The van der Waals surface area contributed by atoms with E-state index in [0.717, 1.165) is 24.9 Å². The lowest BCUT2D eigenvalue weighted by Gasteiger charge is -2.35. The lowest BCUT2D eigenvalue weighted by molar-refractivity contribution is -0.135. The number of carboxylic acid groups (broad SMARTS) is 1. The number of para-hydroxylation sites is 1. The fourth-order valence-corrected chi connectivity index (χ4v) is 3.62. The highest BCUT2D eigenvalue weighted by Crippen LogP contribution is 2.33. The van der Waals surface area contributed by atoms with Gasteiger partial charge in [-0.25, -0.2) is 0 Å². The number of carboxylic acids is 1. The van der Waals surface area contributed by atoms with Gasteiger partial charge < -0.3 is 14.9 Å². The summed E-state index contributed by atoms with van der Waals surface area (Å²) < 4.78 is 0. The predicted molar refractivity (Wildman–Crippen MR) is 101 cm³/mol. The van der Waals surface area contributed by atoms with Gasteiger partial charge in [0.1, 0.15) is 6.54 Å². The summed E-state index contributed by atoms with van der Waals surface area (Å²) >= 11 is 0. The van der Waals surface area contributed by atoms with Crippen molar-refractivity contribution < 1.29 is 14.7 Å². The largest absolute Gasteiger partial charge is 0.480 e. The summed E-state index contributed by atoms with van der Waals surface area (Å²) in [5.74, 6) is -1.02. The minimum atomic E-state index is -0.952. The van der Waals surface area contributed by atoms with E-state index >= 15 is 0 Å². The van der Waals surface area contributed by atoms with E-state index in [-0.39, 0.29) is 25.0 Å². The first-order valence-corrected chi connectivity index (χ1v) is 8.91. The second kappa shape index (κ2) is 8.04. The number of carbonyl (C=O) groups is 2. The van der Waals surface area contributed by atoms with Crippen molar-refractivity contribution >= 4 is 17.6 Å². The fourth-order valence-electron chi connectivity index (χ4n) is 3.62. The van der Waals surface area contributed by atoms with Crippen LogP contribution in [-0.2, 0) is 16.0 Å². The van der Waals surface area contributed by atoms with Crippen molar-refractivity contribution in [2.45, 2.75) is 25.3 Å². The van der Waals surface area contributed by atoms with E-state index in [9.17, 15) is 14.7 Å². The Kier molecular flexibility index (Phi) is 5.56. The van der Waals surface area contributed by atoms with Gasteiger partial charge in [0.2, 0.25) is 5.91 Å². The second-order valence-electron chi connectivity index (χ2n) is 6.70. The molecule has 0 bridgehead atoms. The number of fused-ring (bicyclic) bond motifs is 1. The molecule has 1 N–H and O–H groups in total. The van der Waals surface area contributed by atoms with Crippen LogP contribution in [0.2, 0.25) is 0 Å². The topological polar surface area (TPSA) is 60.9 Å². The molecule has 2 aromatic carbocycles. The summed E-state index contributed by atoms with van der Waals surface area (Å²) in [6.07, 6.45) is 3.03. The molecule has 1 atom stereocenters. The van der Waals surface area contributed by atoms with Gasteiger partial charge in [0.15, 0.2) is 0 Å². The van der Waals surface area contributed by atoms with Gasteiger partial charge in [0.05, 0.1) is 12.6 Å². The molecule has 5 heteroatoms. The van der Waals surface area contributed by atoms with E-state index in [4.69, 9.17) is 0 Å². The van der Waals surface area contributed by atoms with Gasteiger partial charge in [-0.3, -0.25) is 9.59 Å². The molecule has 0 aliphatic heterocycles. The van der Waals surface area contributed by atoms with E-state index in [1.165, 1.54) is 11.1 Å². The number of rotatable bonds is 6. The van der Waals surface area contributed by atoms with Crippen molar-refractivity contribution in [1.82, 2.24) is 4.90 Å². The van der Waals surface area contributed by atoms with Crippen LogP contribution in [-0.4, -0.2) is 42.0 Å². The minimum absolute atomic E-state index is 0.0471. The highest BCUT2D eigenvalue weighted by atomic mass is 16.4. The molecule has 1 amide bonds. The number of benzene rings is 2. The van der Waals surface area contributed by atoms with Gasteiger partial charge in [-0.05, 0) is 42.5 Å². The van der Waals surface area contributed by atoms with E-state index in [2.05, 4.69) is 12.1 Å². The molecule has 0 saturated heterocycles. The molecule has 1 aliphatic carbocycles. The zero-order valence-corrected chi connectivity index (χ0v) is 15.0. The SMILES string of the molecule is CN(C(=O)CN(CC(=O)O)c1ccccc1)C1CCCc2ccccc21. The molecule has 0 fully saturated rings. The Hall–Kier alpha value is -2.82. The average molecular weight is 352 g/mol. The Balaban J connectivity index is 1.76. The number of carbonyl (C=O) groups excluding carboxylic acids is 1. The van der Waals surface area contributed by atoms with Crippen LogP contribution in [0.1, 0.15) is 30.0 Å². The normalized spacial score (nSPS) is 15.8. The summed E-state index contributed by atoms with van der Waals surface area (Å²) in [4.78, 5) is 27.5. The summed E-state index contributed by atoms with van der Waals surface area (Å²) in [7, 11) is 1.82. The summed E-state index contributed by atoms with van der Waals surface area (Å²) in [5.41, 5.74) is 3.24. The van der Waals surface area contributed by atoms with Crippen LogP contribution in [0.15, 0.2) is 54.6 Å². The van der Waals surface area contributed by atoms with Crippen LogP contribution in [0.5, 0.6) is 0 Å². The van der Waals surface area contributed by atoms with Crippen LogP contribution in [0.25, 0.3) is 0 Å². The van der Waals surface area contributed by atoms with E-state index in [1.807, 2.05) is 49.5 Å². The van der Waals surface area contributed by atoms with Crippen molar-refractivity contribution in [2.24, 2.45) is 0 Å². The number of nitrogens with zero attached hydrogens (tertiary/aromatic N) is 2. The standard InChI is InChI=1S/C21H24N2O3/c1-22(19-13-7-9-16-8-5-6-12-18(16)19)20(24)14-23(15-21(25)26)17-10-3-2-4-11-17/h2-6,8,10-12,19H,7,9,13-15H2,1H3,(H,25,26). The quantitative estimate of drug-likeness (QED) is 0.868. The molecular weight excluding hydrogens is 328 g/mol. The Morgan fingerprint density at radius 2 is 1.73 bits per heavy atom. The third-order valence-electron chi connectivity index (χ3n) is 4.97. The first-order chi connectivity index (χ1) is 12.6. The lowest BCUT2D eigenvalue weighted by atomic mass is 9.87. The van der Waals surface area contributed by atoms with Crippen molar-refractivity contribution in [3.63, 3.8) is 0 Å². The molecule has 1 unspecified atom stereocenters. The van der Waals surface area contributed by atoms with Crippen molar-refractivity contribution in [3.8, 4) is 0 Å².